The number of carboxylic acid groups (broad SMARTS) is 1. The third-order valence-corrected chi connectivity index (χ3v) is 3.42. The van der Waals surface area contributed by atoms with Crippen molar-refractivity contribution < 1.29 is 19.1 Å². The molecule has 110 valence electrons. The van der Waals surface area contributed by atoms with E-state index in [0.29, 0.717) is 10.0 Å². The van der Waals surface area contributed by atoms with E-state index in [1.807, 2.05) is 20.8 Å². The van der Waals surface area contributed by atoms with Gasteiger partial charge in [0.1, 0.15) is 5.82 Å². The lowest BCUT2D eigenvalue weighted by molar-refractivity contribution is -0.137. The van der Waals surface area contributed by atoms with Crippen molar-refractivity contribution in [3.05, 3.63) is 34.1 Å². The van der Waals surface area contributed by atoms with Crippen LogP contribution in [0.25, 0.3) is 0 Å². The van der Waals surface area contributed by atoms with Crippen LogP contribution in [0.5, 0.6) is 0 Å². The molecule has 0 aromatic heterocycles. The van der Waals surface area contributed by atoms with Crippen molar-refractivity contribution in [3.63, 3.8) is 0 Å². The molecule has 6 heteroatoms. The van der Waals surface area contributed by atoms with E-state index in [0.717, 1.165) is 0 Å². The smallest absolute Gasteiger partial charge is 0.305 e. The van der Waals surface area contributed by atoms with Crippen molar-refractivity contribution in [2.45, 2.75) is 32.7 Å². The Morgan fingerprint density at radius 2 is 1.95 bits per heavy atom. The van der Waals surface area contributed by atoms with E-state index in [2.05, 4.69) is 15.9 Å². The zero-order valence-electron chi connectivity index (χ0n) is 11.6. The van der Waals surface area contributed by atoms with Gasteiger partial charge in [0, 0.05) is 16.6 Å². The number of carboxylic acids is 1. The maximum atomic E-state index is 13.1. The summed E-state index contributed by atoms with van der Waals surface area (Å²) in [6.07, 6.45) is -0.137. The molecule has 0 aliphatic carbocycles. The molecule has 0 unspecified atom stereocenters. The van der Waals surface area contributed by atoms with Crippen LogP contribution < -0.4 is 0 Å². The van der Waals surface area contributed by atoms with Crippen LogP contribution >= 0.6 is 15.9 Å². The first-order chi connectivity index (χ1) is 9.12. The number of benzene rings is 1. The molecule has 0 atom stereocenters. The highest BCUT2D eigenvalue weighted by atomic mass is 79.9. The van der Waals surface area contributed by atoms with Gasteiger partial charge in [0.2, 0.25) is 0 Å². The number of amides is 1. The van der Waals surface area contributed by atoms with Gasteiger partial charge in [-0.25, -0.2) is 4.39 Å². The lowest BCUT2D eigenvalue weighted by Gasteiger charge is -2.35. The summed E-state index contributed by atoms with van der Waals surface area (Å²) < 4.78 is 13.4. The molecular formula is C14H17BrFNO3. The van der Waals surface area contributed by atoms with E-state index in [-0.39, 0.29) is 18.9 Å². The molecule has 0 radical (unpaired) electrons. The van der Waals surface area contributed by atoms with Gasteiger partial charge in [-0.2, -0.15) is 0 Å². The summed E-state index contributed by atoms with van der Waals surface area (Å²) in [6.45, 7) is 5.57. The third-order valence-electron chi connectivity index (χ3n) is 2.77. The number of halogens is 2. The number of aliphatic carboxylic acids is 1. The zero-order valence-corrected chi connectivity index (χ0v) is 13.2. The second-order valence-electron chi connectivity index (χ2n) is 5.40. The van der Waals surface area contributed by atoms with Gasteiger partial charge in [0.15, 0.2) is 0 Å². The summed E-state index contributed by atoms with van der Waals surface area (Å²) in [5.74, 6) is -1.74. The fourth-order valence-corrected chi connectivity index (χ4v) is 2.28. The van der Waals surface area contributed by atoms with Gasteiger partial charge in [0.25, 0.3) is 5.91 Å². The maximum Gasteiger partial charge on any atom is 0.305 e. The molecule has 1 amide bonds. The van der Waals surface area contributed by atoms with E-state index in [1.165, 1.54) is 23.1 Å². The van der Waals surface area contributed by atoms with Gasteiger partial charge >= 0.3 is 5.97 Å². The van der Waals surface area contributed by atoms with Crippen LogP contribution in [0.4, 0.5) is 4.39 Å². The molecule has 1 aromatic carbocycles. The Morgan fingerprint density at radius 3 is 2.40 bits per heavy atom. The van der Waals surface area contributed by atoms with Crippen LogP contribution in [0.2, 0.25) is 0 Å². The highest BCUT2D eigenvalue weighted by molar-refractivity contribution is 9.10. The first-order valence-electron chi connectivity index (χ1n) is 6.11. The average Bonchev–Trinajstić information content (AvgIpc) is 2.26. The van der Waals surface area contributed by atoms with Crippen molar-refractivity contribution in [2.75, 3.05) is 6.54 Å². The molecular weight excluding hydrogens is 329 g/mol. The molecule has 0 spiro atoms. The van der Waals surface area contributed by atoms with Crippen LogP contribution in [0.15, 0.2) is 22.7 Å². The van der Waals surface area contributed by atoms with Crippen LogP contribution in [0, 0.1) is 5.82 Å². The summed E-state index contributed by atoms with van der Waals surface area (Å²) in [6, 6.07) is 3.81. The summed E-state index contributed by atoms with van der Waals surface area (Å²) in [5.41, 5.74) is -0.216. The van der Waals surface area contributed by atoms with Gasteiger partial charge in [-0.3, -0.25) is 9.59 Å². The van der Waals surface area contributed by atoms with Crippen LogP contribution in [0.3, 0.4) is 0 Å². The number of nitrogens with zero attached hydrogens (tertiary/aromatic N) is 1. The predicted octanol–water partition coefficient (Wildman–Crippen LogP) is 3.30. The number of hydrogen-bond donors (Lipinski definition) is 1. The standard InChI is InChI=1S/C14H17BrFNO3/c1-14(2,3)17(7-6-12(18)19)13(20)10-5-4-9(16)8-11(10)15/h4-5,8H,6-7H2,1-3H3,(H,18,19). The zero-order chi connectivity index (χ0) is 15.5. The van der Waals surface area contributed by atoms with Gasteiger partial charge < -0.3 is 10.0 Å². The molecule has 1 rings (SSSR count). The normalized spacial score (nSPS) is 11.2. The second-order valence-corrected chi connectivity index (χ2v) is 6.25. The predicted molar refractivity (Wildman–Crippen MR) is 77.1 cm³/mol. The second kappa shape index (κ2) is 6.35. The summed E-state index contributed by atoms with van der Waals surface area (Å²) in [4.78, 5) is 24.7. The number of carbonyl (C=O) groups is 2. The lowest BCUT2D eigenvalue weighted by Crippen LogP contribution is -2.46. The number of carbonyl (C=O) groups excluding carboxylic acids is 1. The molecule has 1 N–H and O–H groups in total. The van der Waals surface area contributed by atoms with E-state index >= 15 is 0 Å². The quantitative estimate of drug-likeness (QED) is 0.910. The molecule has 1 aromatic rings. The van der Waals surface area contributed by atoms with E-state index in [1.54, 1.807) is 0 Å². The summed E-state index contributed by atoms with van der Waals surface area (Å²) in [5, 5.41) is 8.77. The Bertz CT molecular complexity index is 526. The topological polar surface area (TPSA) is 57.6 Å². The summed E-state index contributed by atoms with van der Waals surface area (Å²) in [7, 11) is 0. The van der Waals surface area contributed by atoms with Gasteiger partial charge in [0.05, 0.1) is 12.0 Å². The van der Waals surface area contributed by atoms with E-state index < -0.39 is 17.3 Å². The maximum absolute atomic E-state index is 13.1. The molecule has 20 heavy (non-hydrogen) atoms. The number of rotatable bonds is 4. The Morgan fingerprint density at radius 1 is 1.35 bits per heavy atom. The average molecular weight is 346 g/mol. The van der Waals surface area contributed by atoms with Crippen molar-refractivity contribution in [2.24, 2.45) is 0 Å². The molecule has 0 heterocycles. The molecule has 0 saturated carbocycles. The van der Waals surface area contributed by atoms with Crippen molar-refractivity contribution in [1.82, 2.24) is 4.90 Å². The SMILES string of the molecule is CC(C)(C)N(CCC(=O)O)C(=O)c1ccc(F)cc1Br. The molecule has 0 aliphatic heterocycles. The van der Waals surface area contributed by atoms with Crippen LogP contribution in [-0.2, 0) is 4.79 Å². The fourth-order valence-electron chi connectivity index (χ4n) is 1.76. The van der Waals surface area contributed by atoms with Crippen molar-refractivity contribution in [1.29, 1.82) is 0 Å². The van der Waals surface area contributed by atoms with Gasteiger partial charge in [-0.15, -0.1) is 0 Å². The van der Waals surface area contributed by atoms with Gasteiger partial charge in [-0.1, -0.05) is 0 Å². The minimum Gasteiger partial charge on any atom is -0.481 e. The Hall–Kier alpha value is -1.43. The molecule has 0 aliphatic rings. The molecule has 0 fully saturated rings. The van der Waals surface area contributed by atoms with Crippen molar-refractivity contribution in [3.8, 4) is 0 Å². The van der Waals surface area contributed by atoms with Crippen LogP contribution in [-0.4, -0.2) is 34.0 Å². The molecule has 0 bridgehead atoms. The first kappa shape index (κ1) is 16.6. The minimum atomic E-state index is -0.967. The Kier molecular flexibility index (Phi) is 5.28. The largest absolute Gasteiger partial charge is 0.481 e. The van der Waals surface area contributed by atoms with E-state index in [4.69, 9.17) is 5.11 Å². The lowest BCUT2D eigenvalue weighted by atomic mass is 10.0. The van der Waals surface area contributed by atoms with Gasteiger partial charge in [-0.05, 0) is 54.9 Å². The minimum absolute atomic E-state index is 0.0987. The third kappa shape index (κ3) is 4.30. The summed E-state index contributed by atoms with van der Waals surface area (Å²) >= 11 is 3.16. The van der Waals surface area contributed by atoms with Crippen molar-refractivity contribution >= 4 is 27.8 Å². The Labute approximate surface area is 125 Å². The first-order valence-corrected chi connectivity index (χ1v) is 6.91. The highest BCUT2D eigenvalue weighted by Crippen LogP contribution is 2.24. The monoisotopic (exact) mass is 345 g/mol. The number of hydrogen-bond acceptors (Lipinski definition) is 2. The van der Waals surface area contributed by atoms with Crippen LogP contribution in [0.1, 0.15) is 37.6 Å². The molecule has 0 saturated heterocycles. The molecule has 4 nitrogen and oxygen atoms in total. The highest BCUT2D eigenvalue weighted by Gasteiger charge is 2.28. The van der Waals surface area contributed by atoms with E-state index in [9.17, 15) is 14.0 Å². The fraction of sp³-hybridized carbons (Fsp3) is 0.429. The Balaban J connectivity index is 3.07.